The fourth-order valence-corrected chi connectivity index (χ4v) is 1.82. The van der Waals surface area contributed by atoms with Crippen LogP contribution < -0.4 is 15.5 Å². The molecule has 0 radical (unpaired) electrons. The van der Waals surface area contributed by atoms with E-state index in [2.05, 4.69) is 10.6 Å². The summed E-state index contributed by atoms with van der Waals surface area (Å²) in [5.74, 6) is -0.564. The maximum atomic E-state index is 11.5. The van der Waals surface area contributed by atoms with Crippen molar-refractivity contribution in [2.45, 2.75) is 0 Å². The van der Waals surface area contributed by atoms with E-state index in [4.69, 9.17) is 0 Å². The van der Waals surface area contributed by atoms with Crippen molar-refractivity contribution in [3.8, 4) is 0 Å². The summed E-state index contributed by atoms with van der Waals surface area (Å²) in [6, 6.07) is 3.70. The number of nitrogens with zero attached hydrogens (tertiary/aromatic N) is 2. The van der Waals surface area contributed by atoms with E-state index in [0.29, 0.717) is 11.3 Å². The molecule has 1 aliphatic heterocycles. The highest BCUT2D eigenvalue weighted by Crippen LogP contribution is 2.26. The van der Waals surface area contributed by atoms with E-state index in [1.807, 2.05) is 0 Å². The molecule has 0 atom stereocenters. The largest absolute Gasteiger partial charge is 0.377 e. The number of hydrogen-bond donors (Lipinski definition) is 2. The van der Waals surface area contributed by atoms with Gasteiger partial charge in [-0.3, -0.25) is 20.2 Å². The Labute approximate surface area is 114 Å². The van der Waals surface area contributed by atoms with Crippen molar-refractivity contribution < 1.29 is 14.5 Å². The number of hydrogen-bond acceptors (Lipinski definition) is 5. The second-order valence-electron chi connectivity index (χ2n) is 4.36. The predicted octanol–water partition coefficient (Wildman–Crippen LogP) is 0.841. The SMILES string of the molecule is CN(C)c1ccc([N+](=O)[O-])cc1/C=C1\NC(=O)NC1=O. The van der Waals surface area contributed by atoms with Crippen molar-refractivity contribution in [3.05, 3.63) is 39.6 Å². The molecule has 104 valence electrons. The van der Waals surface area contributed by atoms with Gasteiger partial charge in [-0.2, -0.15) is 0 Å². The number of carbonyl (C=O) groups is 2. The zero-order valence-corrected chi connectivity index (χ0v) is 10.8. The van der Waals surface area contributed by atoms with E-state index in [1.54, 1.807) is 25.1 Å². The molecule has 1 aromatic carbocycles. The van der Waals surface area contributed by atoms with Crippen LogP contribution in [-0.4, -0.2) is 31.0 Å². The minimum absolute atomic E-state index is 0.0543. The molecule has 0 bridgehead atoms. The molecule has 1 fully saturated rings. The lowest BCUT2D eigenvalue weighted by atomic mass is 10.1. The molecule has 8 nitrogen and oxygen atoms in total. The van der Waals surface area contributed by atoms with Crippen LogP contribution in [-0.2, 0) is 4.79 Å². The lowest BCUT2D eigenvalue weighted by Gasteiger charge is -2.15. The first-order valence-electron chi connectivity index (χ1n) is 5.68. The highest BCUT2D eigenvalue weighted by Gasteiger charge is 2.23. The van der Waals surface area contributed by atoms with Crippen molar-refractivity contribution in [2.24, 2.45) is 0 Å². The number of carbonyl (C=O) groups excluding carboxylic acids is 2. The first-order valence-corrected chi connectivity index (χ1v) is 5.68. The number of nitro benzene ring substituents is 1. The summed E-state index contributed by atoms with van der Waals surface area (Å²) in [5.41, 5.74) is 1.12. The van der Waals surface area contributed by atoms with Crippen LogP contribution in [0.25, 0.3) is 6.08 Å². The van der Waals surface area contributed by atoms with Gasteiger partial charge in [-0.1, -0.05) is 0 Å². The number of amides is 3. The van der Waals surface area contributed by atoms with Crippen LogP contribution in [0.5, 0.6) is 0 Å². The van der Waals surface area contributed by atoms with E-state index in [9.17, 15) is 19.7 Å². The summed E-state index contributed by atoms with van der Waals surface area (Å²) in [7, 11) is 3.55. The average Bonchev–Trinajstić information content (AvgIpc) is 2.67. The summed E-state index contributed by atoms with van der Waals surface area (Å²) in [6.45, 7) is 0. The van der Waals surface area contributed by atoms with Gasteiger partial charge in [0.15, 0.2) is 0 Å². The first kappa shape index (κ1) is 13.5. The topological polar surface area (TPSA) is 105 Å². The minimum Gasteiger partial charge on any atom is -0.377 e. The maximum absolute atomic E-state index is 11.5. The van der Waals surface area contributed by atoms with Crippen LogP contribution in [0.15, 0.2) is 23.9 Å². The average molecular weight is 276 g/mol. The maximum Gasteiger partial charge on any atom is 0.326 e. The van der Waals surface area contributed by atoms with Gasteiger partial charge in [0, 0.05) is 37.5 Å². The normalized spacial score (nSPS) is 16.0. The highest BCUT2D eigenvalue weighted by molar-refractivity contribution is 6.14. The zero-order chi connectivity index (χ0) is 14.9. The van der Waals surface area contributed by atoms with E-state index >= 15 is 0 Å². The number of nitrogens with one attached hydrogen (secondary N) is 2. The monoisotopic (exact) mass is 276 g/mol. The molecule has 20 heavy (non-hydrogen) atoms. The summed E-state index contributed by atoms with van der Waals surface area (Å²) in [6.07, 6.45) is 1.41. The third-order valence-electron chi connectivity index (χ3n) is 2.72. The molecule has 1 saturated heterocycles. The Morgan fingerprint density at radius 3 is 2.45 bits per heavy atom. The molecule has 0 saturated carbocycles. The fraction of sp³-hybridized carbons (Fsp3) is 0.167. The molecular weight excluding hydrogens is 264 g/mol. The van der Waals surface area contributed by atoms with E-state index in [-0.39, 0.29) is 11.4 Å². The van der Waals surface area contributed by atoms with Gasteiger partial charge in [0.05, 0.1) is 4.92 Å². The van der Waals surface area contributed by atoms with Gasteiger partial charge in [0.2, 0.25) is 0 Å². The van der Waals surface area contributed by atoms with Crippen LogP contribution in [0.2, 0.25) is 0 Å². The Kier molecular flexibility index (Phi) is 3.38. The highest BCUT2D eigenvalue weighted by atomic mass is 16.6. The third kappa shape index (κ3) is 2.58. The Hall–Kier alpha value is -2.90. The Bertz CT molecular complexity index is 636. The van der Waals surface area contributed by atoms with Crippen LogP contribution in [0.1, 0.15) is 5.56 Å². The first-order chi connectivity index (χ1) is 9.38. The van der Waals surface area contributed by atoms with Crippen molar-refractivity contribution in [3.63, 3.8) is 0 Å². The molecule has 2 rings (SSSR count). The molecule has 8 heteroatoms. The molecular formula is C12H12N4O4. The minimum atomic E-state index is -0.613. The van der Waals surface area contributed by atoms with E-state index in [1.165, 1.54) is 18.2 Å². The molecule has 1 aliphatic rings. The number of benzene rings is 1. The van der Waals surface area contributed by atoms with Crippen LogP contribution in [0.3, 0.4) is 0 Å². The van der Waals surface area contributed by atoms with Crippen LogP contribution in [0, 0.1) is 10.1 Å². The van der Waals surface area contributed by atoms with Crippen molar-refractivity contribution in [2.75, 3.05) is 19.0 Å². The van der Waals surface area contributed by atoms with Crippen molar-refractivity contribution in [1.82, 2.24) is 10.6 Å². The number of imide groups is 1. The van der Waals surface area contributed by atoms with Crippen LogP contribution >= 0.6 is 0 Å². The molecule has 0 aromatic heterocycles. The lowest BCUT2D eigenvalue weighted by molar-refractivity contribution is -0.384. The number of nitro groups is 1. The second kappa shape index (κ2) is 5.00. The number of rotatable bonds is 3. The Balaban J connectivity index is 2.50. The van der Waals surface area contributed by atoms with Gasteiger partial charge in [0.25, 0.3) is 11.6 Å². The molecule has 3 amide bonds. The van der Waals surface area contributed by atoms with E-state index < -0.39 is 16.9 Å². The molecule has 1 heterocycles. The standard InChI is InChI=1S/C12H12N4O4/c1-15(2)10-4-3-8(16(19)20)5-7(10)6-9-11(17)14-12(18)13-9/h3-6H,1-2H3,(H2,13,14,17,18)/b9-6-. The number of non-ortho nitro benzene ring substituents is 1. The van der Waals surface area contributed by atoms with Gasteiger partial charge < -0.3 is 10.2 Å². The fourth-order valence-electron chi connectivity index (χ4n) is 1.82. The number of anilines is 1. The van der Waals surface area contributed by atoms with Gasteiger partial charge in [-0.15, -0.1) is 0 Å². The van der Waals surface area contributed by atoms with Gasteiger partial charge >= 0.3 is 6.03 Å². The summed E-state index contributed by atoms with van der Waals surface area (Å²) < 4.78 is 0. The Morgan fingerprint density at radius 1 is 1.25 bits per heavy atom. The van der Waals surface area contributed by atoms with Crippen molar-refractivity contribution >= 4 is 29.4 Å². The molecule has 0 spiro atoms. The summed E-state index contributed by atoms with van der Waals surface area (Å²) in [5, 5.41) is 15.2. The third-order valence-corrected chi connectivity index (χ3v) is 2.72. The Morgan fingerprint density at radius 2 is 1.95 bits per heavy atom. The molecule has 1 aromatic rings. The summed E-state index contributed by atoms with van der Waals surface area (Å²) >= 11 is 0. The van der Waals surface area contributed by atoms with E-state index in [0.717, 1.165) is 0 Å². The smallest absolute Gasteiger partial charge is 0.326 e. The lowest BCUT2D eigenvalue weighted by Crippen LogP contribution is -2.22. The van der Waals surface area contributed by atoms with Gasteiger partial charge in [0.1, 0.15) is 5.70 Å². The molecule has 0 unspecified atom stereocenters. The molecule has 2 N–H and O–H groups in total. The van der Waals surface area contributed by atoms with Gasteiger partial charge in [-0.05, 0) is 12.1 Å². The van der Waals surface area contributed by atoms with Gasteiger partial charge in [-0.25, -0.2) is 4.79 Å². The number of urea groups is 1. The quantitative estimate of drug-likeness (QED) is 0.368. The van der Waals surface area contributed by atoms with Crippen LogP contribution in [0.4, 0.5) is 16.2 Å². The second-order valence-corrected chi connectivity index (χ2v) is 4.36. The van der Waals surface area contributed by atoms with Crippen molar-refractivity contribution in [1.29, 1.82) is 0 Å². The zero-order valence-electron chi connectivity index (χ0n) is 10.8. The predicted molar refractivity (Wildman–Crippen MR) is 72.1 cm³/mol. The summed E-state index contributed by atoms with van der Waals surface area (Å²) in [4.78, 5) is 34.6. The molecule has 0 aliphatic carbocycles.